The molecule has 1 N–H and O–H groups in total. The maximum Gasteiger partial charge on any atom is 0.338 e. The predicted octanol–water partition coefficient (Wildman–Crippen LogP) is 4.45. The van der Waals surface area contributed by atoms with Crippen LogP contribution in [0, 0.1) is 0 Å². The molecule has 2 aliphatic rings. The van der Waals surface area contributed by atoms with Crippen molar-refractivity contribution in [2.45, 2.75) is 32.0 Å². The van der Waals surface area contributed by atoms with Gasteiger partial charge in [0.05, 0.1) is 18.2 Å². The largest absolute Gasteiger partial charge is 0.467 e. The highest BCUT2D eigenvalue weighted by Crippen LogP contribution is 2.46. The number of nitrogens with zero attached hydrogens (tertiary/aromatic N) is 1. The Morgan fingerprint density at radius 2 is 2.11 bits per heavy atom. The van der Waals surface area contributed by atoms with Crippen LogP contribution in [0.3, 0.4) is 0 Å². The molecule has 7 heteroatoms. The first kappa shape index (κ1) is 18.1. The Labute approximate surface area is 168 Å². The molecule has 0 unspecified atom stereocenters. The molecule has 0 saturated carbocycles. The SMILES string of the molecule is CCOC(=O)c1ccc(N2C(=S)N[C@H]3C[C@@]2(C)Oc2ccc(Cl)cc23)cc1. The number of halogens is 1. The molecule has 4 rings (SSSR count). The molecule has 2 aromatic carbocycles. The minimum absolute atomic E-state index is 0.0417. The molecular weight excluding hydrogens is 384 g/mol. The van der Waals surface area contributed by atoms with Crippen LogP contribution in [0.15, 0.2) is 42.5 Å². The Morgan fingerprint density at radius 1 is 1.37 bits per heavy atom. The number of thiocarbonyl (C=S) groups is 1. The van der Waals surface area contributed by atoms with Gasteiger partial charge in [0.25, 0.3) is 0 Å². The van der Waals surface area contributed by atoms with Crippen molar-refractivity contribution in [1.29, 1.82) is 0 Å². The fourth-order valence-electron chi connectivity index (χ4n) is 3.70. The Balaban J connectivity index is 1.67. The second-order valence-electron chi connectivity index (χ2n) is 6.77. The normalized spacial score (nSPS) is 23.1. The van der Waals surface area contributed by atoms with Gasteiger partial charge in [0.1, 0.15) is 5.75 Å². The quantitative estimate of drug-likeness (QED) is 0.604. The number of nitrogens with one attached hydrogen (secondary N) is 1. The Morgan fingerprint density at radius 3 is 2.81 bits per heavy atom. The third-order valence-corrected chi connectivity index (χ3v) is 5.41. The van der Waals surface area contributed by atoms with Gasteiger partial charge >= 0.3 is 5.97 Å². The Bertz CT molecular complexity index is 918. The number of hydrogen-bond acceptors (Lipinski definition) is 4. The highest BCUT2D eigenvalue weighted by Gasteiger charge is 2.48. The van der Waals surface area contributed by atoms with E-state index in [1.54, 1.807) is 19.1 Å². The average molecular weight is 403 g/mol. The Kier molecular flexibility index (Phi) is 4.48. The molecule has 1 saturated heterocycles. The lowest BCUT2D eigenvalue weighted by Crippen LogP contribution is -2.65. The van der Waals surface area contributed by atoms with Crippen LogP contribution >= 0.6 is 23.8 Å². The smallest absolute Gasteiger partial charge is 0.338 e. The van der Waals surface area contributed by atoms with E-state index in [4.69, 9.17) is 33.3 Å². The van der Waals surface area contributed by atoms with E-state index < -0.39 is 5.72 Å². The maximum absolute atomic E-state index is 11.9. The molecule has 0 aliphatic carbocycles. The van der Waals surface area contributed by atoms with Crippen LogP contribution in [0.4, 0.5) is 5.69 Å². The fraction of sp³-hybridized carbons (Fsp3) is 0.300. The van der Waals surface area contributed by atoms with Gasteiger partial charge in [-0.25, -0.2) is 4.79 Å². The van der Waals surface area contributed by atoms with Crippen LogP contribution in [0.5, 0.6) is 5.75 Å². The summed E-state index contributed by atoms with van der Waals surface area (Å²) < 4.78 is 11.4. The fourth-order valence-corrected chi connectivity index (χ4v) is 4.32. The number of carbonyl (C=O) groups excluding carboxylic acids is 1. The molecule has 0 aromatic heterocycles. The number of esters is 1. The lowest BCUT2D eigenvalue weighted by molar-refractivity contribution is 0.0498. The van der Waals surface area contributed by atoms with E-state index in [0.29, 0.717) is 28.7 Å². The van der Waals surface area contributed by atoms with Crippen molar-refractivity contribution in [3.05, 3.63) is 58.6 Å². The minimum atomic E-state index is -0.640. The van der Waals surface area contributed by atoms with Gasteiger partial charge in [0.2, 0.25) is 0 Å². The zero-order valence-electron chi connectivity index (χ0n) is 15.0. The maximum atomic E-state index is 11.9. The van der Waals surface area contributed by atoms with Gasteiger partial charge in [-0.15, -0.1) is 0 Å². The van der Waals surface area contributed by atoms with Crippen LogP contribution in [0.25, 0.3) is 0 Å². The van der Waals surface area contributed by atoms with Gasteiger partial charge in [0.15, 0.2) is 10.8 Å². The number of benzene rings is 2. The molecule has 1 fully saturated rings. The summed E-state index contributed by atoms with van der Waals surface area (Å²) in [7, 11) is 0. The van der Waals surface area contributed by atoms with E-state index in [-0.39, 0.29) is 12.0 Å². The van der Waals surface area contributed by atoms with E-state index in [0.717, 1.165) is 17.0 Å². The predicted molar refractivity (Wildman–Crippen MR) is 108 cm³/mol. The number of rotatable bonds is 3. The van der Waals surface area contributed by atoms with E-state index in [1.165, 1.54) is 0 Å². The van der Waals surface area contributed by atoms with Crippen molar-refractivity contribution < 1.29 is 14.3 Å². The van der Waals surface area contributed by atoms with Crippen molar-refractivity contribution >= 4 is 40.6 Å². The van der Waals surface area contributed by atoms with Crippen LogP contribution in [0.2, 0.25) is 5.02 Å². The van der Waals surface area contributed by atoms with Gasteiger partial charge < -0.3 is 14.8 Å². The second-order valence-corrected chi connectivity index (χ2v) is 7.59. The van der Waals surface area contributed by atoms with Crippen LogP contribution in [0.1, 0.15) is 42.2 Å². The standard InChI is InChI=1S/C20H19ClN2O3S/c1-3-25-18(24)12-4-7-14(8-5-12)23-19(27)22-16-11-20(23,2)26-17-9-6-13(21)10-15(16)17/h4-10,16H,3,11H2,1-2H3,(H,22,27)/t16-,20+/m0/s1. The van der Waals surface area contributed by atoms with Crippen molar-refractivity contribution in [1.82, 2.24) is 5.32 Å². The van der Waals surface area contributed by atoms with Crippen molar-refractivity contribution in [2.75, 3.05) is 11.5 Å². The first-order valence-electron chi connectivity index (χ1n) is 8.77. The average Bonchev–Trinajstić information content (AvgIpc) is 2.62. The Hall–Kier alpha value is -2.31. The number of carbonyl (C=O) groups is 1. The van der Waals surface area contributed by atoms with E-state index >= 15 is 0 Å². The number of hydrogen-bond donors (Lipinski definition) is 1. The summed E-state index contributed by atoms with van der Waals surface area (Å²) in [6.45, 7) is 4.15. The first-order valence-corrected chi connectivity index (χ1v) is 9.56. The number of ether oxygens (including phenoxy) is 2. The van der Waals surface area contributed by atoms with E-state index in [1.807, 2.05) is 42.2 Å². The zero-order chi connectivity index (χ0) is 19.2. The summed E-state index contributed by atoms with van der Waals surface area (Å²) in [6.07, 6.45) is 0.708. The summed E-state index contributed by atoms with van der Waals surface area (Å²) in [4.78, 5) is 13.8. The molecule has 0 radical (unpaired) electrons. The van der Waals surface area contributed by atoms with Crippen molar-refractivity contribution in [3.63, 3.8) is 0 Å². The van der Waals surface area contributed by atoms with Gasteiger partial charge in [-0.2, -0.15) is 0 Å². The third-order valence-electron chi connectivity index (χ3n) is 4.87. The van der Waals surface area contributed by atoms with Crippen molar-refractivity contribution in [2.24, 2.45) is 0 Å². The van der Waals surface area contributed by atoms with Gasteiger partial charge in [0, 0.05) is 22.7 Å². The molecule has 2 aliphatic heterocycles. The lowest BCUT2D eigenvalue weighted by atomic mass is 9.90. The summed E-state index contributed by atoms with van der Waals surface area (Å²) in [5.41, 5.74) is 1.72. The number of fused-ring (bicyclic) bond motifs is 4. The van der Waals surface area contributed by atoms with Crippen LogP contribution in [-0.4, -0.2) is 23.4 Å². The first-order chi connectivity index (χ1) is 12.9. The van der Waals surface area contributed by atoms with E-state index in [2.05, 4.69) is 5.32 Å². The minimum Gasteiger partial charge on any atom is -0.467 e. The van der Waals surface area contributed by atoms with Crippen LogP contribution in [-0.2, 0) is 4.74 Å². The van der Waals surface area contributed by atoms with Crippen LogP contribution < -0.4 is 15.0 Å². The van der Waals surface area contributed by atoms with E-state index in [9.17, 15) is 4.79 Å². The molecule has 5 nitrogen and oxygen atoms in total. The number of anilines is 1. The zero-order valence-corrected chi connectivity index (χ0v) is 16.6. The molecule has 2 bridgehead atoms. The second kappa shape index (κ2) is 6.69. The molecule has 27 heavy (non-hydrogen) atoms. The lowest BCUT2D eigenvalue weighted by Gasteiger charge is -2.52. The highest BCUT2D eigenvalue weighted by molar-refractivity contribution is 7.80. The topological polar surface area (TPSA) is 50.8 Å². The third kappa shape index (κ3) is 3.13. The summed E-state index contributed by atoms with van der Waals surface area (Å²) in [5, 5.41) is 4.63. The molecule has 2 heterocycles. The monoisotopic (exact) mass is 402 g/mol. The van der Waals surface area contributed by atoms with Gasteiger partial charge in [-0.05, 0) is 68.5 Å². The summed E-state index contributed by atoms with van der Waals surface area (Å²) in [5.74, 6) is 0.454. The molecule has 140 valence electrons. The molecule has 2 aromatic rings. The highest BCUT2D eigenvalue weighted by atomic mass is 35.5. The van der Waals surface area contributed by atoms with Crippen molar-refractivity contribution in [3.8, 4) is 5.75 Å². The molecular formula is C20H19ClN2O3S. The summed E-state index contributed by atoms with van der Waals surface area (Å²) >= 11 is 11.8. The van der Waals surface area contributed by atoms with Gasteiger partial charge in [-0.3, -0.25) is 4.90 Å². The molecule has 2 atom stereocenters. The molecule has 0 spiro atoms. The summed E-state index contributed by atoms with van der Waals surface area (Å²) in [6, 6.07) is 12.9. The molecule has 0 amide bonds. The van der Waals surface area contributed by atoms with Gasteiger partial charge in [-0.1, -0.05) is 11.6 Å².